The summed E-state index contributed by atoms with van der Waals surface area (Å²) < 4.78 is 0. The Hall–Kier alpha value is -0.540. The van der Waals surface area contributed by atoms with E-state index in [1.54, 1.807) is 0 Å². The summed E-state index contributed by atoms with van der Waals surface area (Å²) in [5, 5.41) is 0.295. The normalized spacial score (nSPS) is 10.9. The first-order chi connectivity index (χ1) is 5.54. The number of alkyl halides is 1. The van der Waals surface area contributed by atoms with Crippen LogP contribution in [0.3, 0.4) is 0 Å². The maximum Gasteiger partial charge on any atom is 0.240 e. The Kier molecular flexibility index (Phi) is 12.2. The highest BCUT2D eigenvalue weighted by molar-refractivity contribution is 6.20. The van der Waals surface area contributed by atoms with Crippen molar-refractivity contribution < 1.29 is 4.79 Å². The number of halogens is 1. The van der Waals surface area contributed by atoms with E-state index in [-0.39, 0.29) is 0 Å². The van der Waals surface area contributed by atoms with E-state index in [0.29, 0.717) is 5.38 Å². The third kappa shape index (κ3) is 22.7. The summed E-state index contributed by atoms with van der Waals surface area (Å²) in [6.07, 6.45) is 3.14. The molecule has 1 amide bonds. The molecule has 12 heavy (non-hydrogen) atoms. The molecule has 0 aliphatic rings. The van der Waals surface area contributed by atoms with Crippen LogP contribution in [0.15, 0.2) is 12.7 Å². The van der Waals surface area contributed by atoms with Gasteiger partial charge in [-0.05, 0) is 32.4 Å². The third-order valence-corrected chi connectivity index (χ3v) is 1.23. The lowest BCUT2D eigenvalue weighted by molar-refractivity contribution is -0.113. The Morgan fingerprint density at radius 3 is 2.25 bits per heavy atom. The van der Waals surface area contributed by atoms with Gasteiger partial charge in [0.1, 0.15) is 0 Å². The number of hydrogen-bond donors (Lipinski definition) is 2. The zero-order valence-corrected chi connectivity index (χ0v) is 8.18. The van der Waals surface area contributed by atoms with Gasteiger partial charge in [0.15, 0.2) is 0 Å². The van der Waals surface area contributed by atoms with Gasteiger partial charge in [-0.2, -0.15) is 0 Å². The van der Waals surface area contributed by atoms with Crippen LogP contribution in [-0.4, -0.2) is 17.8 Å². The van der Waals surface area contributed by atoms with Crippen molar-refractivity contribution in [3.05, 3.63) is 12.7 Å². The van der Waals surface area contributed by atoms with Crippen LogP contribution >= 0.6 is 11.6 Å². The van der Waals surface area contributed by atoms with Crippen molar-refractivity contribution in [2.24, 2.45) is 11.5 Å². The molecule has 0 spiro atoms. The van der Waals surface area contributed by atoms with Crippen molar-refractivity contribution in [3.8, 4) is 0 Å². The lowest BCUT2D eigenvalue weighted by Gasteiger charge is -1.96. The van der Waals surface area contributed by atoms with Crippen molar-refractivity contribution in [2.75, 3.05) is 6.54 Å². The maximum absolute atomic E-state index is 9.47. The zero-order chi connectivity index (χ0) is 9.98. The standard InChI is InChI=1S/C5H12ClN.C3H5NO/c1-5(6)3-2-4-7;1-2-3(4)5/h5H,2-4,7H2,1H3;2H,1H2,(H2,4,5). The minimum Gasteiger partial charge on any atom is -0.366 e. The van der Waals surface area contributed by atoms with Crippen LogP contribution in [-0.2, 0) is 4.79 Å². The molecule has 0 saturated heterocycles. The van der Waals surface area contributed by atoms with Gasteiger partial charge in [-0.15, -0.1) is 11.6 Å². The minimum atomic E-state index is -0.481. The highest BCUT2D eigenvalue weighted by Crippen LogP contribution is 2.00. The second kappa shape index (κ2) is 10.5. The molecule has 3 nitrogen and oxygen atoms in total. The number of primary amides is 1. The van der Waals surface area contributed by atoms with E-state index in [1.807, 2.05) is 6.92 Å². The van der Waals surface area contributed by atoms with Crippen LogP contribution in [0.2, 0.25) is 0 Å². The maximum atomic E-state index is 9.47. The molecule has 0 heterocycles. The largest absolute Gasteiger partial charge is 0.366 e. The first-order valence-electron chi connectivity index (χ1n) is 3.80. The summed E-state index contributed by atoms with van der Waals surface area (Å²) in [4.78, 5) is 9.47. The summed E-state index contributed by atoms with van der Waals surface area (Å²) in [6, 6.07) is 0. The predicted octanol–water partition coefficient (Wildman–Crippen LogP) is 1.01. The van der Waals surface area contributed by atoms with Crippen LogP contribution < -0.4 is 11.5 Å². The molecule has 1 atom stereocenters. The Morgan fingerprint density at radius 1 is 1.75 bits per heavy atom. The van der Waals surface area contributed by atoms with Crippen LogP contribution in [0.4, 0.5) is 0 Å². The van der Waals surface area contributed by atoms with Crippen molar-refractivity contribution in [2.45, 2.75) is 25.1 Å². The van der Waals surface area contributed by atoms with Crippen molar-refractivity contribution in [3.63, 3.8) is 0 Å². The molecule has 0 aliphatic heterocycles. The van der Waals surface area contributed by atoms with E-state index in [1.165, 1.54) is 0 Å². The average Bonchev–Trinajstić information content (AvgIpc) is 2.02. The molecule has 4 heteroatoms. The fourth-order valence-corrected chi connectivity index (χ4v) is 0.553. The predicted molar refractivity (Wildman–Crippen MR) is 53.0 cm³/mol. The van der Waals surface area contributed by atoms with Crippen molar-refractivity contribution >= 4 is 17.5 Å². The van der Waals surface area contributed by atoms with Crippen LogP contribution in [0.5, 0.6) is 0 Å². The van der Waals surface area contributed by atoms with E-state index in [2.05, 4.69) is 12.3 Å². The Balaban J connectivity index is 0. The quantitative estimate of drug-likeness (QED) is 0.516. The summed E-state index contributed by atoms with van der Waals surface area (Å²) in [6.45, 7) is 5.83. The van der Waals surface area contributed by atoms with Gasteiger partial charge in [-0.1, -0.05) is 6.58 Å². The molecule has 0 aromatic heterocycles. The number of amides is 1. The van der Waals surface area contributed by atoms with Crippen molar-refractivity contribution in [1.82, 2.24) is 0 Å². The molecule has 0 aliphatic carbocycles. The van der Waals surface area contributed by atoms with Crippen LogP contribution in [0.1, 0.15) is 19.8 Å². The average molecular weight is 193 g/mol. The number of rotatable bonds is 4. The minimum absolute atomic E-state index is 0.295. The summed E-state index contributed by atoms with van der Waals surface area (Å²) in [7, 11) is 0. The van der Waals surface area contributed by atoms with Gasteiger partial charge in [0.05, 0.1) is 0 Å². The Morgan fingerprint density at radius 2 is 2.17 bits per heavy atom. The molecular formula is C8H17ClN2O. The molecule has 0 rings (SSSR count). The highest BCUT2D eigenvalue weighted by atomic mass is 35.5. The van der Waals surface area contributed by atoms with Gasteiger partial charge < -0.3 is 11.5 Å². The second-order valence-electron chi connectivity index (χ2n) is 2.32. The molecule has 0 fully saturated rings. The van der Waals surface area contributed by atoms with Gasteiger partial charge in [-0.25, -0.2) is 0 Å². The molecular weight excluding hydrogens is 176 g/mol. The van der Waals surface area contributed by atoms with E-state index in [4.69, 9.17) is 17.3 Å². The van der Waals surface area contributed by atoms with Crippen LogP contribution in [0, 0.1) is 0 Å². The number of nitrogens with two attached hydrogens (primary N) is 2. The lowest BCUT2D eigenvalue weighted by Crippen LogP contribution is -2.04. The SMILES string of the molecule is C=CC(N)=O.CC(Cl)CCCN. The number of carbonyl (C=O) groups is 1. The number of hydrogen-bond acceptors (Lipinski definition) is 2. The lowest BCUT2D eigenvalue weighted by atomic mass is 10.2. The first kappa shape index (κ1) is 14.0. The zero-order valence-electron chi connectivity index (χ0n) is 7.42. The summed E-state index contributed by atoms with van der Waals surface area (Å²) in [5.74, 6) is -0.481. The Labute approximate surface area is 78.8 Å². The first-order valence-corrected chi connectivity index (χ1v) is 4.24. The van der Waals surface area contributed by atoms with Crippen molar-refractivity contribution in [1.29, 1.82) is 0 Å². The molecule has 0 saturated carbocycles. The topological polar surface area (TPSA) is 69.1 Å². The second-order valence-corrected chi connectivity index (χ2v) is 3.06. The molecule has 1 unspecified atom stereocenters. The summed E-state index contributed by atoms with van der Waals surface area (Å²) in [5.41, 5.74) is 9.75. The van der Waals surface area contributed by atoms with Gasteiger partial charge in [0, 0.05) is 5.38 Å². The molecule has 0 aromatic carbocycles. The monoisotopic (exact) mass is 192 g/mol. The number of carbonyl (C=O) groups excluding carboxylic acids is 1. The summed E-state index contributed by atoms with van der Waals surface area (Å²) >= 11 is 5.60. The van der Waals surface area contributed by atoms with Gasteiger partial charge in [-0.3, -0.25) is 4.79 Å². The highest BCUT2D eigenvalue weighted by Gasteiger charge is 1.91. The van der Waals surface area contributed by atoms with Gasteiger partial charge in [0.2, 0.25) is 5.91 Å². The molecule has 0 aromatic rings. The fraction of sp³-hybridized carbons (Fsp3) is 0.625. The van der Waals surface area contributed by atoms with E-state index in [9.17, 15) is 4.79 Å². The van der Waals surface area contributed by atoms with Gasteiger partial charge >= 0.3 is 0 Å². The molecule has 0 bridgehead atoms. The van der Waals surface area contributed by atoms with Crippen LogP contribution in [0.25, 0.3) is 0 Å². The third-order valence-electron chi connectivity index (χ3n) is 1.01. The molecule has 0 radical (unpaired) electrons. The van der Waals surface area contributed by atoms with E-state index >= 15 is 0 Å². The molecule has 72 valence electrons. The fourth-order valence-electron chi connectivity index (χ4n) is 0.399. The Bertz CT molecular complexity index is 126. The smallest absolute Gasteiger partial charge is 0.240 e. The molecule has 4 N–H and O–H groups in total. The van der Waals surface area contributed by atoms with E-state index in [0.717, 1.165) is 25.5 Å². The van der Waals surface area contributed by atoms with E-state index < -0.39 is 5.91 Å². The van der Waals surface area contributed by atoms with Gasteiger partial charge in [0.25, 0.3) is 0 Å².